The fraction of sp³-hybridized carbons (Fsp3) is 0.300. The molecule has 0 saturated carbocycles. The first-order valence-electron chi connectivity index (χ1n) is 12.9. The molecule has 43 heavy (non-hydrogen) atoms. The van der Waals surface area contributed by atoms with E-state index in [0.717, 1.165) is 14.7 Å². The average molecular weight is 762 g/mol. The minimum absolute atomic E-state index is 0.385. The first kappa shape index (κ1) is 35.3. The van der Waals surface area contributed by atoms with Crippen molar-refractivity contribution < 1.29 is 36.0 Å². The molecule has 0 radical (unpaired) electrons. The first-order valence-corrected chi connectivity index (χ1v) is 23.2. The van der Waals surface area contributed by atoms with Gasteiger partial charge in [-0.1, -0.05) is 0 Å². The molecule has 0 aliphatic heterocycles. The first-order chi connectivity index (χ1) is 20.0. The van der Waals surface area contributed by atoms with Gasteiger partial charge in [0.25, 0.3) is 0 Å². The molecule has 0 atom stereocenters. The van der Waals surface area contributed by atoms with E-state index in [-0.39, 0.29) is 17.9 Å². The molecule has 0 aromatic heterocycles. The molecular formula is C30H39O9S3Sb. The summed E-state index contributed by atoms with van der Waals surface area (Å²) in [5, 5.41) is 0. The van der Waals surface area contributed by atoms with Gasteiger partial charge in [-0.2, -0.15) is 0 Å². The van der Waals surface area contributed by atoms with Crippen LogP contribution in [0.5, 0.6) is 17.2 Å². The monoisotopic (exact) mass is 760 g/mol. The summed E-state index contributed by atoms with van der Waals surface area (Å²) in [6, 6.07) is 21.8. The van der Waals surface area contributed by atoms with E-state index in [1.807, 2.05) is 73.9 Å². The van der Waals surface area contributed by atoms with Gasteiger partial charge in [0.1, 0.15) is 0 Å². The Kier molecular flexibility index (Phi) is 12.1. The van der Waals surface area contributed by atoms with Crippen LogP contribution in [0, 0.1) is 0 Å². The Balaban J connectivity index is 1.91. The van der Waals surface area contributed by atoms with E-state index < -0.39 is 52.4 Å². The maximum atomic E-state index is 11.4. The number of esters is 3. The Morgan fingerprint density at radius 3 is 0.837 bits per heavy atom. The number of hydrogen-bond donors (Lipinski definition) is 0. The maximum absolute atomic E-state index is 11.4. The molecule has 0 amide bonds. The van der Waals surface area contributed by atoms with Crippen LogP contribution < -0.4 is 14.2 Å². The van der Waals surface area contributed by atoms with Crippen LogP contribution in [0.15, 0.2) is 87.5 Å². The van der Waals surface area contributed by atoms with Gasteiger partial charge >= 0.3 is 269 Å². The topological polar surface area (TPSA) is 107 Å². The molecule has 0 aliphatic carbocycles. The third-order valence-corrected chi connectivity index (χ3v) is 24.1. The van der Waals surface area contributed by atoms with Crippen LogP contribution in [0.25, 0.3) is 0 Å². The van der Waals surface area contributed by atoms with Crippen LogP contribution in [-0.2, 0) is 21.8 Å². The van der Waals surface area contributed by atoms with E-state index in [4.69, 9.17) is 21.6 Å². The van der Waals surface area contributed by atoms with Crippen molar-refractivity contribution in [2.24, 2.45) is 0 Å². The van der Waals surface area contributed by atoms with E-state index in [2.05, 4.69) is 0 Å². The molecule has 0 aliphatic rings. The SMILES string of the molecule is CC(=O)Oc1ccc(S(C)(C)[O][Sb]([O]S(C)(C)c2ccc(OC(C)=O)cc2)[O]S(C)(C)c2ccc(OC(C)=O)cc2)cc1. The summed E-state index contributed by atoms with van der Waals surface area (Å²) in [6.45, 7) is 4.09. The van der Waals surface area contributed by atoms with Crippen LogP contribution in [0.2, 0.25) is 0 Å². The zero-order valence-corrected chi connectivity index (χ0v) is 30.8. The third-order valence-electron chi connectivity index (χ3n) is 5.70. The van der Waals surface area contributed by atoms with Crippen molar-refractivity contribution in [3.63, 3.8) is 0 Å². The van der Waals surface area contributed by atoms with Crippen LogP contribution in [0.4, 0.5) is 0 Å². The van der Waals surface area contributed by atoms with E-state index >= 15 is 0 Å². The van der Waals surface area contributed by atoms with E-state index in [1.165, 1.54) is 20.8 Å². The van der Waals surface area contributed by atoms with Gasteiger partial charge in [0, 0.05) is 0 Å². The molecule has 0 fully saturated rings. The van der Waals surface area contributed by atoms with Crippen molar-refractivity contribution >= 4 is 70.3 Å². The molecule has 3 aromatic rings. The molecule has 236 valence electrons. The van der Waals surface area contributed by atoms with Crippen LogP contribution in [0.3, 0.4) is 0 Å². The molecule has 0 saturated heterocycles. The Hall–Kier alpha value is -2.18. The second-order valence-corrected chi connectivity index (χ2v) is 24.7. The molecule has 0 N–H and O–H groups in total. The number of carbonyl (C=O) groups is 3. The molecule has 9 nitrogen and oxygen atoms in total. The standard InChI is InChI=1S/3C10H14O3S.Sb/c3*1-8(11)13-9-4-6-10(7-5-9)14(2,3)12;/h3*4-7,12H,1-3H3;/q;;;+3/p-3. The van der Waals surface area contributed by atoms with E-state index in [9.17, 15) is 14.4 Å². The van der Waals surface area contributed by atoms with Crippen molar-refractivity contribution in [1.29, 1.82) is 0 Å². The third kappa shape index (κ3) is 10.7. The quantitative estimate of drug-likeness (QED) is 0.111. The van der Waals surface area contributed by atoms with Gasteiger partial charge in [0.15, 0.2) is 0 Å². The zero-order valence-electron chi connectivity index (χ0n) is 25.8. The molecule has 0 unspecified atom stereocenters. The van der Waals surface area contributed by atoms with Crippen molar-refractivity contribution in [2.75, 3.05) is 37.5 Å². The second-order valence-electron chi connectivity index (χ2n) is 10.3. The predicted octanol–water partition coefficient (Wildman–Crippen LogP) is 6.91. The predicted molar refractivity (Wildman–Crippen MR) is 175 cm³/mol. The van der Waals surface area contributed by atoms with Crippen LogP contribution in [0.1, 0.15) is 20.8 Å². The van der Waals surface area contributed by atoms with Gasteiger partial charge in [-0.3, -0.25) is 0 Å². The molecule has 3 rings (SSSR count). The summed E-state index contributed by atoms with van der Waals surface area (Å²) in [7, 11) is -5.55. The van der Waals surface area contributed by atoms with Gasteiger partial charge in [0.2, 0.25) is 0 Å². The Morgan fingerprint density at radius 2 is 0.651 bits per heavy atom. The number of benzene rings is 3. The fourth-order valence-corrected chi connectivity index (χ4v) is 19.4. The minimum atomic E-state index is -3.45. The Labute approximate surface area is 267 Å². The zero-order chi connectivity index (χ0) is 32.0. The van der Waals surface area contributed by atoms with Crippen LogP contribution >= 0.6 is 30.9 Å². The molecule has 0 bridgehead atoms. The normalized spacial score (nSPS) is 13.3. The summed E-state index contributed by atoms with van der Waals surface area (Å²) < 4.78 is 36.1. The van der Waals surface area contributed by atoms with Gasteiger partial charge in [-0.25, -0.2) is 0 Å². The van der Waals surface area contributed by atoms with Crippen molar-refractivity contribution in [2.45, 2.75) is 35.5 Å². The van der Waals surface area contributed by atoms with Crippen molar-refractivity contribution in [3.8, 4) is 17.2 Å². The van der Waals surface area contributed by atoms with Crippen molar-refractivity contribution in [1.82, 2.24) is 0 Å². The summed E-state index contributed by atoms with van der Waals surface area (Å²) >= 11 is -3.45. The number of rotatable bonds is 12. The number of hydrogen-bond acceptors (Lipinski definition) is 9. The van der Waals surface area contributed by atoms with Gasteiger partial charge in [0.05, 0.1) is 0 Å². The van der Waals surface area contributed by atoms with E-state index in [0.29, 0.717) is 17.2 Å². The molecule has 3 aromatic carbocycles. The summed E-state index contributed by atoms with van der Waals surface area (Å²) in [5.74, 6) is 0.227. The molecular weight excluding hydrogens is 722 g/mol. The molecule has 0 spiro atoms. The average Bonchev–Trinajstić information content (AvgIpc) is 2.88. The van der Waals surface area contributed by atoms with Gasteiger partial charge in [-0.15, -0.1) is 0 Å². The number of ether oxygens (including phenoxy) is 3. The van der Waals surface area contributed by atoms with Gasteiger partial charge in [-0.05, 0) is 0 Å². The summed E-state index contributed by atoms with van der Waals surface area (Å²) in [5.41, 5.74) is 0. The van der Waals surface area contributed by atoms with E-state index in [1.54, 1.807) is 36.4 Å². The second kappa shape index (κ2) is 14.7. The van der Waals surface area contributed by atoms with Crippen molar-refractivity contribution in [3.05, 3.63) is 72.8 Å². The molecule has 0 heterocycles. The molecule has 13 heteroatoms. The fourth-order valence-electron chi connectivity index (χ4n) is 3.63. The summed E-state index contributed by atoms with van der Waals surface area (Å²) in [4.78, 5) is 36.9. The Morgan fingerprint density at radius 1 is 0.442 bits per heavy atom. The van der Waals surface area contributed by atoms with Crippen LogP contribution in [-0.4, -0.2) is 76.9 Å². The summed E-state index contributed by atoms with van der Waals surface area (Å²) in [6.07, 6.45) is 12.2. The van der Waals surface area contributed by atoms with Gasteiger partial charge < -0.3 is 0 Å². The Bertz CT molecular complexity index is 1250. The number of carbonyl (C=O) groups excluding carboxylic acids is 3.